The molecule has 1 aliphatic rings. The smallest absolute Gasteiger partial charge is 0.410 e. The van der Waals surface area contributed by atoms with Crippen molar-refractivity contribution in [2.45, 2.75) is 46.6 Å². The van der Waals surface area contributed by atoms with E-state index in [1.165, 1.54) is 0 Å². The second kappa shape index (κ2) is 9.13. The third-order valence-electron chi connectivity index (χ3n) is 4.65. The molecule has 0 unspecified atom stereocenters. The number of benzene rings is 1. The number of carbonyl (C=O) groups is 2. The highest BCUT2D eigenvalue weighted by Gasteiger charge is 2.25. The van der Waals surface area contributed by atoms with Crippen LogP contribution in [-0.2, 0) is 9.53 Å². The third kappa shape index (κ3) is 6.01. The Morgan fingerprint density at radius 3 is 2.14 bits per heavy atom. The molecular formula is C22H32N2O4. The van der Waals surface area contributed by atoms with Crippen molar-refractivity contribution in [3.8, 4) is 5.75 Å². The van der Waals surface area contributed by atoms with Crippen LogP contribution in [0.25, 0.3) is 6.08 Å². The van der Waals surface area contributed by atoms with Gasteiger partial charge in [-0.3, -0.25) is 4.79 Å². The normalized spacial score (nSPS) is 15.5. The lowest BCUT2D eigenvalue weighted by atomic mass is 10.0. The number of hydrogen-bond acceptors (Lipinski definition) is 4. The summed E-state index contributed by atoms with van der Waals surface area (Å²) in [5.41, 5.74) is 2.63. The molecule has 1 aromatic rings. The minimum absolute atomic E-state index is 0.0411. The van der Waals surface area contributed by atoms with Crippen LogP contribution in [0.2, 0.25) is 0 Å². The van der Waals surface area contributed by atoms with Gasteiger partial charge in [-0.25, -0.2) is 4.79 Å². The number of aryl methyl sites for hydroxylation is 2. The lowest BCUT2D eigenvalue weighted by Crippen LogP contribution is -2.39. The Kier molecular flexibility index (Phi) is 7.11. The predicted octanol–water partition coefficient (Wildman–Crippen LogP) is 3.79. The van der Waals surface area contributed by atoms with Crippen molar-refractivity contribution in [1.82, 2.24) is 9.80 Å². The monoisotopic (exact) mass is 388 g/mol. The lowest BCUT2D eigenvalue weighted by molar-refractivity contribution is -0.125. The first-order chi connectivity index (χ1) is 13.1. The summed E-state index contributed by atoms with van der Waals surface area (Å²) >= 11 is 0. The first-order valence-corrected chi connectivity index (χ1v) is 9.71. The van der Waals surface area contributed by atoms with E-state index in [0.717, 1.165) is 28.9 Å². The molecule has 1 fully saturated rings. The number of ether oxygens (including phenoxy) is 2. The van der Waals surface area contributed by atoms with Gasteiger partial charge in [-0.2, -0.15) is 0 Å². The molecule has 2 amide bonds. The Morgan fingerprint density at radius 2 is 1.57 bits per heavy atom. The van der Waals surface area contributed by atoms with Gasteiger partial charge in [0.05, 0.1) is 7.11 Å². The quantitative estimate of drug-likeness (QED) is 0.739. The molecule has 0 N–H and O–H groups in total. The van der Waals surface area contributed by atoms with Crippen LogP contribution >= 0.6 is 0 Å². The van der Waals surface area contributed by atoms with Gasteiger partial charge in [0.2, 0.25) is 5.91 Å². The van der Waals surface area contributed by atoms with Crippen LogP contribution in [0, 0.1) is 13.8 Å². The molecular weight excluding hydrogens is 356 g/mol. The number of amides is 2. The highest BCUT2D eigenvalue weighted by molar-refractivity contribution is 5.92. The minimum atomic E-state index is -0.518. The third-order valence-corrected chi connectivity index (χ3v) is 4.65. The number of nitrogens with zero attached hydrogens (tertiary/aromatic N) is 2. The van der Waals surface area contributed by atoms with Gasteiger partial charge in [0.1, 0.15) is 11.4 Å². The highest BCUT2D eigenvalue weighted by atomic mass is 16.6. The zero-order valence-corrected chi connectivity index (χ0v) is 17.9. The van der Waals surface area contributed by atoms with E-state index in [9.17, 15) is 9.59 Å². The molecule has 0 aliphatic carbocycles. The van der Waals surface area contributed by atoms with E-state index in [1.807, 2.05) is 52.8 Å². The van der Waals surface area contributed by atoms with Crippen LogP contribution in [0.15, 0.2) is 18.2 Å². The highest BCUT2D eigenvalue weighted by Crippen LogP contribution is 2.23. The second-order valence-electron chi connectivity index (χ2n) is 8.15. The van der Waals surface area contributed by atoms with Crippen molar-refractivity contribution in [3.63, 3.8) is 0 Å². The van der Waals surface area contributed by atoms with Crippen molar-refractivity contribution in [3.05, 3.63) is 34.9 Å². The van der Waals surface area contributed by atoms with E-state index in [1.54, 1.807) is 23.0 Å². The fourth-order valence-corrected chi connectivity index (χ4v) is 3.22. The maximum Gasteiger partial charge on any atom is 0.410 e. The Balaban J connectivity index is 2.00. The van der Waals surface area contributed by atoms with Crippen molar-refractivity contribution in [1.29, 1.82) is 0 Å². The van der Waals surface area contributed by atoms with Gasteiger partial charge in [0.25, 0.3) is 0 Å². The molecule has 0 atom stereocenters. The molecule has 28 heavy (non-hydrogen) atoms. The standard InChI is InChI=1S/C22H32N2O4/c1-16-14-18(27-6)15-17(2)19(16)8-9-20(25)23-10-7-11-24(13-12-23)21(26)28-22(3,4)5/h8-9,14-15H,7,10-13H2,1-6H3/b9-8+. The zero-order chi connectivity index (χ0) is 20.9. The summed E-state index contributed by atoms with van der Waals surface area (Å²) in [5, 5.41) is 0. The van der Waals surface area contributed by atoms with Crippen molar-refractivity contribution < 1.29 is 19.1 Å². The topological polar surface area (TPSA) is 59.1 Å². The summed E-state index contributed by atoms with van der Waals surface area (Å²) in [5.74, 6) is 0.772. The van der Waals surface area contributed by atoms with E-state index < -0.39 is 5.60 Å². The summed E-state index contributed by atoms with van der Waals surface area (Å²) in [6.07, 6.45) is 3.90. The Bertz CT molecular complexity index is 726. The fourth-order valence-electron chi connectivity index (χ4n) is 3.22. The molecule has 0 saturated carbocycles. The molecule has 0 spiro atoms. The van der Waals surface area contributed by atoms with E-state index in [-0.39, 0.29) is 12.0 Å². The predicted molar refractivity (Wildman–Crippen MR) is 111 cm³/mol. The molecule has 6 heteroatoms. The van der Waals surface area contributed by atoms with Crippen LogP contribution in [0.5, 0.6) is 5.75 Å². The second-order valence-corrected chi connectivity index (χ2v) is 8.15. The van der Waals surface area contributed by atoms with Gasteiger partial charge >= 0.3 is 6.09 Å². The summed E-state index contributed by atoms with van der Waals surface area (Å²) in [6.45, 7) is 11.8. The van der Waals surface area contributed by atoms with Gasteiger partial charge in [-0.1, -0.05) is 0 Å². The molecule has 6 nitrogen and oxygen atoms in total. The fraction of sp³-hybridized carbons (Fsp3) is 0.545. The molecule has 1 saturated heterocycles. The van der Waals surface area contributed by atoms with Crippen LogP contribution in [0.4, 0.5) is 4.79 Å². The molecule has 2 rings (SSSR count). The summed E-state index contributed by atoms with van der Waals surface area (Å²) in [6, 6.07) is 3.92. The number of rotatable bonds is 3. The molecule has 1 heterocycles. The minimum Gasteiger partial charge on any atom is -0.497 e. The van der Waals surface area contributed by atoms with Crippen molar-refractivity contribution in [2.24, 2.45) is 0 Å². The Hall–Kier alpha value is -2.50. The molecule has 154 valence electrons. The van der Waals surface area contributed by atoms with Crippen molar-refractivity contribution in [2.75, 3.05) is 33.3 Å². The molecule has 0 aromatic heterocycles. The Morgan fingerprint density at radius 1 is 1.00 bits per heavy atom. The SMILES string of the molecule is COc1cc(C)c(/C=C/C(=O)N2CCCN(C(=O)OC(C)(C)C)CC2)c(C)c1. The van der Waals surface area contributed by atoms with Crippen LogP contribution in [0.3, 0.4) is 0 Å². The average molecular weight is 389 g/mol. The van der Waals surface area contributed by atoms with Gasteiger partial charge in [-0.05, 0) is 75.9 Å². The average Bonchev–Trinajstić information content (AvgIpc) is 2.85. The van der Waals surface area contributed by atoms with Crippen LogP contribution in [-0.4, -0.2) is 60.7 Å². The molecule has 1 aliphatic heterocycles. The van der Waals surface area contributed by atoms with Crippen LogP contribution < -0.4 is 4.74 Å². The van der Waals surface area contributed by atoms with Gasteiger partial charge in [0, 0.05) is 32.3 Å². The summed E-state index contributed by atoms with van der Waals surface area (Å²) in [7, 11) is 1.65. The maximum absolute atomic E-state index is 12.7. The number of hydrogen-bond donors (Lipinski definition) is 0. The number of carbonyl (C=O) groups excluding carboxylic acids is 2. The van der Waals surface area contributed by atoms with E-state index in [2.05, 4.69) is 0 Å². The molecule has 0 radical (unpaired) electrons. The summed E-state index contributed by atoms with van der Waals surface area (Å²) < 4.78 is 10.7. The van der Waals surface area contributed by atoms with Gasteiger partial charge in [-0.15, -0.1) is 0 Å². The van der Waals surface area contributed by atoms with Crippen molar-refractivity contribution >= 4 is 18.1 Å². The molecule has 1 aromatic carbocycles. The largest absolute Gasteiger partial charge is 0.497 e. The zero-order valence-electron chi connectivity index (χ0n) is 17.9. The van der Waals surface area contributed by atoms with E-state index in [0.29, 0.717) is 26.2 Å². The van der Waals surface area contributed by atoms with E-state index in [4.69, 9.17) is 9.47 Å². The lowest BCUT2D eigenvalue weighted by Gasteiger charge is -2.26. The first kappa shape index (κ1) is 21.8. The first-order valence-electron chi connectivity index (χ1n) is 9.71. The number of methoxy groups -OCH3 is 1. The maximum atomic E-state index is 12.7. The van der Waals surface area contributed by atoms with E-state index >= 15 is 0 Å². The van der Waals surface area contributed by atoms with Gasteiger partial charge in [0.15, 0.2) is 0 Å². The summed E-state index contributed by atoms with van der Waals surface area (Å²) in [4.78, 5) is 28.4. The Labute approximate surface area is 168 Å². The van der Waals surface area contributed by atoms with Crippen LogP contribution in [0.1, 0.15) is 43.9 Å². The molecule has 0 bridgehead atoms. The van der Waals surface area contributed by atoms with Gasteiger partial charge < -0.3 is 19.3 Å².